The number of halogens is 2. The van der Waals surface area contributed by atoms with Crippen LogP contribution in [-0.2, 0) is 6.54 Å². The maximum Gasteiger partial charge on any atom is 0.337 e. The Bertz CT molecular complexity index is 697. The molecule has 0 radical (unpaired) electrons. The summed E-state index contributed by atoms with van der Waals surface area (Å²) >= 11 is 5.63. The Hall–Kier alpha value is -2.14. The predicted octanol–water partition coefficient (Wildman–Crippen LogP) is 2.39. The maximum atomic E-state index is 13.6. The number of carbonyl (C=O) groups is 1. The van der Waals surface area contributed by atoms with Crippen molar-refractivity contribution in [1.82, 2.24) is 4.57 Å². The van der Waals surface area contributed by atoms with E-state index in [9.17, 15) is 14.0 Å². The highest BCUT2D eigenvalue weighted by Crippen LogP contribution is 2.15. The van der Waals surface area contributed by atoms with Gasteiger partial charge in [-0.3, -0.25) is 4.79 Å². The summed E-state index contributed by atoms with van der Waals surface area (Å²) in [6.45, 7) is -0.0526. The third-order valence-electron chi connectivity index (χ3n) is 2.59. The molecule has 2 rings (SSSR count). The quantitative estimate of drug-likeness (QED) is 0.940. The molecule has 6 heteroatoms. The first-order valence-corrected chi connectivity index (χ1v) is 5.73. The van der Waals surface area contributed by atoms with Crippen molar-refractivity contribution in [3.05, 3.63) is 68.8 Å². The normalized spacial score (nSPS) is 10.4. The third-order valence-corrected chi connectivity index (χ3v) is 2.82. The smallest absolute Gasteiger partial charge is 0.337 e. The first-order valence-electron chi connectivity index (χ1n) is 5.35. The number of pyridine rings is 1. The number of carboxylic acids is 1. The molecule has 0 aliphatic carbocycles. The molecule has 0 bridgehead atoms. The van der Waals surface area contributed by atoms with E-state index in [1.165, 1.54) is 24.4 Å². The summed E-state index contributed by atoms with van der Waals surface area (Å²) in [5, 5.41) is 9.11. The summed E-state index contributed by atoms with van der Waals surface area (Å²) in [7, 11) is 0. The van der Waals surface area contributed by atoms with Gasteiger partial charge < -0.3 is 9.67 Å². The molecule has 0 amide bonds. The lowest BCUT2D eigenvalue weighted by atomic mass is 10.2. The van der Waals surface area contributed by atoms with E-state index in [4.69, 9.17) is 16.7 Å². The van der Waals surface area contributed by atoms with Crippen molar-refractivity contribution in [3.63, 3.8) is 0 Å². The van der Waals surface area contributed by atoms with Crippen LogP contribution in [0.2, 0.25) is 5.02 Å². The maximum absolute atomic E-state index is 13.6. The Labute approximate surface area is 112 Å². The van der Waals surface area contributed by atoms with E-state index in [1.54, 1.807) is 0 Å². The van der Waals surface area contributed by atoms with Gasteiger partial charge in [-0.1, -0.05) is 17.7 Å². The van der Waals surface area contributed by atoms with Gasteiger partial charge in [0.2, 0.25) is 0 Å². The molecule has 1 aromatic carbocycles. The van der Waals surface area contributed by atoms with E-state index in [-0.39, 0.29) is 22.7 Å². The van der Waals surface area contributed by atoms with Gasteiger partial charge in [-0.2, -0.15) is 0 Å². The van der Waals surface area contributed by atoms with Gasteiger partial charge in [0.25, 0.3) is 5.56 Å². The van der Waals surface area contributed by atoms with Crippen LogP contribution < -0.4 is 5.56 Å². The van der Waals surface area contributed by atoms with Crippen molar-refractivity contribution in [3.8, 4) is 0 Å². The summed E-state index contributed by atoms with van der Waals surface area (Å²) in [6, 6.07) is 6.45. The number of rotatable bonds is 3. The average Bonchev–Trinajstić information content (AvgIpc) is 2.34. The minimum Gasteiger partial charge on any atom is -0.478 e. The zero-order chi connectivity index (χ0) is 14.0. The fraction of sp³-hybridized carbons (Fsp3) is 0.0769. The van der Waals surface area contributed by atoms with Crippen LogP contribution in [0.3, 0.4) is 0 Å². The van der Waals surface area contributed by atoms with Gasteiger partial charge in [-0.05, 0) is 18.2 Å². The molecule has 98 valence electrons. The first-order chi connectivity index (χ1) is 8.97. The van der Waals surface area contributed by atoms with Crippen molar-refractivity contribution >= 4 is 17.6 Å². The fourth-order valence-corrected chi connectivity index (χ4v) is 1.77. The SMILES string of the molecule is O=C(O)c1ccc(=O)n(Cc2ccc(Cl)cc2F)c1. The van der Waals surface area contributed by atoms with Crippen LogP contribution in [0.25, 0.3) is 0 Å². The van der Waals surface area contributed by atoms with Crippen LogP contribution in [0.1, 0.15) is 15.9 Å². The minimum atomic E-state index is -1.15. The summed E-state index contributed by atoms with van der Waals surface area (Å²) in [5.41, 5.74) is -0.178. The molecule has 0 fully saturated rings. The lowest BCUT2D eigenvalue weighted by Gasteiger charge is -2.08. The summed E-state index contributed by atoms with van der Waals surface area (Å²) < 4.78 is 14.7. The van der Waals surface area contributed by atoms with Crippen LogP contribution in [0, 0.1) is 5.82 Å². The summed E-state index contributed by atoms with van der Waals surface area (Å²) in [4.78, 5) is 22.4. The molecular weight excluding hydrogens is 273 g/mol. The van der Waals surface area contributed by atoms with Crippen LogP contribution in [0.15, 0.2) is 41.3 Å². The second kappa shape index (κ2) is 5.24. The number of aromatic nitrogens is 1. The molecule has 0 aliphatic heterocycles. The highest BCUT2D eigenvalue weighted by molar-refractivity contribution is 6.30. The highest BCUT2D eigenvalue weighted by atomic mass is 35.5. The molecule has 0 atom stereocenters. The van der Waals surface area contributed by atoms with E-state index in [2.05, 4.69) is 0 Å². The molecule has 1 N–H and O–H groups in total. The second-order valence-electron chi connectivity index (χ2n) is 3.92. The predicted molar refractivity (Wildman–Crippen MR) is 68.2 cm³/mol. The molecule has 0 saturated carbocycles. The van der Waals surface area contributed by atoms with Gasteiger partial charge in [0.15, 0.2) is 0 Å². The van der Waals surface area contributed by atoms with Crippen LogP contribution in [-0.4, -0.2) is 15.6 Å². The molecule has 1 aromatic heterocycles. The van der Waals surface area contributed by atoms with Gasteiger partial charge >= 0.3 is 5.97 Å². The lowest BCUT2D eigenvalue weighted by Crippen LogP contribution is -2.21. The molecule has 1 heterocycles. The Morgan fingerprint density at radius 3 is 2.68 bits per heavy atom. The Morgan fingerprint density at radius 2 is 2.05 bits per heavy atom. The van der Waals surface area contributed by atoms with Gasteiger partial charge in [0, 0.05) is 22.8 Å². The summed E-state index contributed by atoms with van der Waals surface area (Å²) in [5.74, 6) is -1.69. The molecule has 0 unspecified atom stereocenters. The van der Waals surface area contributed by atoms with Crippen LogP contribution in [0.5, 0.6) is 0 Å². The molecule has 0 saturated heterocycles. The number of carboxylic acid groups (broad SMARTS) is 1. The second-order valence-corrected chi connectivity index (χ2v) is 4.36. The molecule has 0 spiro atoms. The molecular formula is C13H9ClFNO3. The van der Waals surface area contributed by atoms with Gasteiger partial charge in [0.05, 0.1) is 12.1 Å². The zero-order valence-electron chi connectivity index (χ0n) is 9.64. The monoisotopic (exact) mass is 281 g/mol. The van der Waals surface area contributed by atoms with E-state index in [0.717, 1.165) is 16.7 Å². The van der Waals surface area contributed by atoms with Gasteiger partial charge in [0.1, 0.15) is 5.82 Å². The van der Waals surface area contributed by atoms with Crippen LogP contribution >= 0.6 is 11.6 Å². The van der Waals surface area contributed by atoms with Crippen molar-refractivity contribution < 1.29 is 14.3 Å². The number of hydrogen-bond acceptors (Lipinski definition) is 2. The largest absolute Gasteiger partial charge is 0.478 e. The highest BCUT2D eigenvalue weighted by Gasteiger charge is 2.08. The molecule has 4 nitrogen and oxygen atoms in total. The number of nitrogens with zero attached hydrogens (tertiary/aromatic N) is 1. The fourth-order valence-electron chi connectivity index (χ4n) is 1.61. The number of aromatic carboxylic acids is 1. The van der Waals surface area contributed by atoms with Crippen molar-refractivity contribution in [2.24, 2.45) is 0 Å². The van der Waals surface area contributed by atoms with Gasteiger partial charge in [-0.15, -0.1) is 0 Å². The van der Waals surface area contributed by atoms with Gasteiger partial charge in [-0.25, -0.2) is 9.18 Å². The van der Waals surface area contributed by atoms with Crippen molar-refractivity contribution in [1.29, 1.82) is 0 Å². The Balaban J connectivity index is 2.40. The van der Waals surface area contributed by atoms with Crippen LogP contribution in [0.4, 0.5) is 4.39 Å². The molecule has 2 aromatic rings. The first kappa shape index (κ1) is 13.3. The number of hydrogen-bond donors (Lipinski definition) is 1. The summed E-state index contributed by atoms with van der Waals surface area (Å²) in [6.07, 6.45) is 1.18. The number of benzene rings is 1. The minimum absolute atomic E-state index is 0.0334. The Kier molecular flexibility index (Phi) is 3.66. The zero-order valence-corrected chi connectivity index (χ0v) is 10.4. The third kappa shape index (κ3) is 3.00. The molecule has 19 heavy (non-hydrogen) atoms. The standard InChI is InChI=1S/C13H9ClFNO3/c14-10-3-1-8(11(15)5-10)6-16-7-9(13(18)19)2-4-12(16)17/h1-5,7H,6H2,(H,18,19). The topological polar surface area (TPSA) is 59.3 Å². The van der Waals surface area contributed by atoms with Crippen molar-refractivity contribution in [2.45, 2.75) is 6.54 Å². The van der Waals surface area contributed by atoms with Crippen molar-refractivity contribution in [2.75, 3.05) is 0 Å². The lowest BCUT2D eigenvalue weighted by molar-refractivity contribution is 0.0696. The molecule has 0 aliphatic rings. The van der Waals surface area contributed by atoms with E-state index < -0.39 is 17.3 Å². The van der Waals surface area contributed by atoms with E-state index in [0.29, 0.717) is 0 Å². The van der Waals surface area contributed by atoms with E-state index >= 15 is 0 Å². The average molecular weight is 282 g/mol. The Morgan fingerprint density at radius 1 is 1.32 bits per heavy atom. The van der Waals surface area contributed by atoms with E-state index in [1.807, 2.05) is 0 Å².